The molecule has 23 heavy (non-hydrogen) atoms. The Morgan fingerprint density at radius 1 is 1.04 bits per heavy atom. The summed E-state index contributed by atoms with van der Waals surface area (Å²) in [5, 5.41) is 3.07. The van der Waals surface area contributed by atoms with Crippen LogP contribution < -0.4 is 10.1 Å². The second-order valence-electron chi connectivity index (χ2n) is 6.11. The molecule has 0 spiro atoms. The van der Waals surface area contributed by atoms with Crippen LogP contribution in [-0.2, 0) is 11.2 Å². The molecule has 0 saturated heterocycles. The Morgan fingerprint density at radius 2 is 1.78 bits per heavy atom. The SMILES string of the molecule is COc1ccc(CC(=O)NC(C)c2ccc(C)c(C)c2)cc1C. The van der Waals surface area contributed by atoms with Crippen LogP contribution in [0, 0.1) is 20.8 Å². The van der Waals surface area contributed by atoms with Crippen LogP contribution >= 0.6 is 0 Å². The van der Waals surface area contributed by atoms with Crippen molar-refractivity contribution in [2.45, 2.75) is 40.2 Å². The number of nitrogens with one attached hydrogen (secondary N) is 1. The van der Waals surface area contributed by atoms with Crippen molar-refractivity contribution in [3.63, 3.8) is 0 Å². The maximum atomic E-state index is 12.3. The lowest BCUT2D eigenvalue weighted by molar-refractivity contribution is -0.121. The predicted octanol–water partition coefficient (Wildman–Crippen LogP) is 4.04. The van der Waals surface area contributed by atoms with Crippen molar-refractivity contribution in [3.8, 4) is 5.75 Å². The fourth-order valence-corrected chi connectivity index (χ4v) is 2.65. The molecule has 0 heterocycles. The summed E-state index contributed by atoms with van der Waals surface area (Å²) >= 11 is 0. The normalized spacial score (nSPS) is 11.9. The number of hydrogen-bond donors (Lipinski definition) is 1. The largest absolute Gasteiger partial charge is 0.496 e. The summed E-state index contributed by atoms with van der Waals surface area (Å²) in [5.74, 6) is 0.873. The van der Waals surface area contributed by atoms with E-state index >= 15 is 0 Å². The molecule has 1 N–H and O–H groups in total. The predicted molar refractivity (Wildman–Crippen MR) is 93.9 cm³/mol. The van der Waals surface area contributed by atoms with Crippen molar-refractivity contribution in [1.82, 2.24) is 5.32 Å². The highest BCUT2D eigenvalue weighted by Crippen LogP contribution is 2.20. The third-order valence-electron chi connectivity index (χ3n) is 4.23. The topological polar surface area (TPSA) is 38.3 Å². The van der Waals surface area contributed by atoms with Crippen LogP contribution in [0.25, 0.3) is 0 Å². The molecule has 0 saturated carbocycles. The van der Waals surface area contributed by atoms with Crippen molar-refractivity contribution in [2.24, 2.45) is 0 Å². The highest BCUT2D eigenvalue weighted by Gasteiger charge is 2.11. The van der Waals surface area contributed by atoms with E-state index in [0.29, 0.717) is 6.42 Å². The van der Waals surface area contributed by atoms with Gasteiger partial charge >= 0.3 is 0 Å². The van der Waals surface area contributed by atoms with E-state index in [9.17, 15) is 4.79 Å². The maximum absolute atomic E-state index is 12.3. The van der Waals surface area contributed by atoms with Gasteiger partial charge in [-0.05, 0) is 61.6 Å². The molecule has 122 valence electrons. The molecular formula is C20H25NO2. The Kier molecular flexibility index (Phi) is 5.43. The second kappa shape index (κ2) is 7.32. The van der Waals surface area contributed by atoms with Crippen molar-refractivity contribution >= 4 is 5.91 Å². The average molecular weight is 311 g/mol. The minimum Gasteiger partial charge on any atom is -0.496 e. The number of ether oxygens (including phenoxy) is 1. The first-order valence-electron chi connectivity index (χ1n) is 7.90. The average Bonchev–Trinajstić information content (AvgIpc) is 2.50. The van der Waals surface area contributed by atoms with E-state index in [1.165, 1.54) is 11.1 Å². The molecular weight excluding hydrogens is 286 g/mol. The first kappa shape index (κ1) is 17.1. The summed E-state index contributed by atoms with van der Waals surface area (Å²) in [7, 11) is 1.65. The minimum atomic E-state index is 0.00106. The summed E-state index contributed by atoms with van der Waals surface area (Å²) in [6.45, 7) is 8.18. The molecule has 0 aliphatic carbocycles. The van der Waals surface area contributed by atoms with Crippen LogP contribution in [0.15, 0.2) is 36.4 Å². The van der Waals surface area contributed by atoms with Crippen LogP contribution in [0.4, 0.5) is 0 Å². The van der Waals surface area contributed by atoms with Gasteiger partial charge in [0.25, 0.3) is 0 Å². The third kappa shape index (κ3) is 4.35. The highest BCUT2D eigenvalue weighted by atomic mass is 16.5. The van der Waals surface area contributed by atoms with Crippen molar-refractivity contribution in [1.29, 1.82) is 0 Å². The van der Waals surface area contributed by atoms with Gasteiger partial charge in [-0.3, -0.25) is 4.79 Å². The lowest BCUT2D eigenvalue weighted by Crippen LogP contribution is -2.28. The van der Waals surface area contributed by atoms with Gasteiger partial charge in [-0.2, -0.15) is 0 Å². The Morgan fingerprint density at radius 3 is 2.39 bits per heavy atom. The number of carbonyl (C=O) groups is 1. The molecule has 0 radical (unpaired) electrons. The lowest BCUT2D eigenvalue weighted by Gasteiger charge is -2.16. The molecule has 0 bridgehead atoms. The molecule has 2 rings (SSSR count). The van der Waals surface area contributed by atoms with Crippen molar-refractivity contribution < 1.29 is 9.53 Å². The van der Waals surface area contributed by atoms with E-state index in [4.69, 9.17) is 4.74 Å². The summed E-state index contributed by atoms with van der Waals surface area (Å²) in [5.41, 5.74) is 5.68. The summed E-state index contributed by atoms with van der Waals surface area (Å²) < 4.78 is 5.25. The van der Waals surface area contributed by atoms with Crippen LogP contribution in [0.5, 0.6) is 5.75 Å². The van der Waals surface area contributed by atoms with E-state index < -0.39 is 0 Å². The molecule has 1 amide bonds. The monoisotopic (exact) mass is 311 g/mol. The zero-order chi connectivity index (χ0) is 17.0. The molecule has 0 fully saturated rings. The third-order valence-corrected chi connectivity index (χ3v) is 4.23. The number of carbonyl (C=O) groups excluding carboxylic acids is 1. The minimum absolute atomic E-state index is 0.00106. The fraction of sp³-hybridized carbons (Fsp3) is 0.350. The van der Waals surface area contributed by atoms with Gasteiger partial charge in [0.05, 0.1) is 19.6 Å². The van der Waals surface area contributed by atoms with E-state index in [1.807, 2.05) is 32.0 Å². The molecule has 0 aliphatic heterocycles. The molecule has 3 heteroatoms. The van der Waals surface area contributed by atoms with Gasteiger partial charge in [0.15, 0.2) is 0 Å². The van der Waals surface area contributed by atoms with Crippen LogP contribution in [-0.4, -0.2) is 13.0 Å². The van der Waals surface area contributed by atoms with Crippen LogP contribution in [0.1, 0.15) is 40.8 Å². The smallest absolute Gasteiger partial charge is 0.224 e. The van der Waals surface area contributed by atoms with Crippen molar-refractivity contribution in [3.05, 3.63) is 64.2 Å². The standard InChI is InChI=1S/C20H25NO2/c1-13-6-8-18(11-14(13)2)16(4)21-20(22)12-17-7-9-19(23-5)15(3)10-17/h6-11,16H,12H2,1-5H3,(H,21,22). The van der Waals surface area contributed by atoms with Gasteiger partial charge in [-0.15, -0.1) is 0 Å². The number of hydrogen-bond acceptors (Lipinski definition) is 2. The zero-order valence-corrected chi connectivity index (χ0v) is 14.6. The first-order valence-corrected chi connectivity index (χ1v) is 7.90. The van der Waals surface area contributed by atoms with Gasteiger partial charge in [-0.1, -0.05) is 30.3 Å². The van der Waals surface area contributed by atoms with E-state index in [2.05, 4.69) is 37.4 Å². The van der Waals surface area contributed by atoms with Gasteiger partial charge < -0.3 is 10.1 Å². The maximum Gasteiger partial charge on any atom is 0.224 e. The number of benzene rings is 2. The molecule has 0 aromatic heterocycles. The molecule has 1 unspecified atom stereocenters. The number of amides is 1. The molecule has 3 nitrogen and oxygen atoms in total. The second-order valence-corrected chi connectivity index (χ2v) is 6.11. The van der Waals surface area contributed by atoms with Gasteiger partial charge in [0.1, 0.15) is 5.75 Å². The Balaban J connectivity index is 2.01. The number of rotatable bonds is 5. The van der Waals surface area contributed by atoms with Crippen LogP contribution in [0.3, 0.4) is 0 Å². The number of methoxy groups -OCH3 is 1. The van der Waals surface area contributed by atoms with Crippen molar-refractivity contribution in [2.75, 3.05) is 7.11 Å². The van der Waals surface area contributed by atoms with E-state index in [0.717, 1.165) is 22.4 Å². The fourth-order valence-electron chi connectivity index (χ4n) is 2.65. The molecule has 0 aliphatic rings. The van der Waals surface area contributed by atoms with Gasteiger partial charge in [0, 0.05) is 0 Å². The van der Waals surface area contributed by atoms with E-state index in [-0.39, 0.29) is 11.9 Å². The Labute approximate surface area is 138 Å². The van der Waals surface area contributed by atoms with E-state index in [1.54, 1.807) is 7.11 Å². The first-order chi connectivity index (χ1) is 10.9. The summed E-state index contributed by atoms with van der Waals surface area (Å²) in [6.07, 6.45) is 0.375. The molecule has 1 atom stereocenters. The Hall–Kier alpha value is -2.29. The van der Waals surface area contributed by atoms with Gasteiger partial charge in [0.2, 0.25) is 5.91 Å². The quantitative estimate of drug-likeness (QED) is 0.905. The highest BCUT2D eigenvalue weighted by molar-refractivity contribution is 5.79. The Bertz CT molecular complexity index is 707. The summed E-state index contributed by atoms with van der Waals surface area (Å²) in [4.78, 5) is 12.3. The summed E-state index contributed by atoms with van der Waals surface area (Å²) in [6, 6.07) is 12.2. The van der Waals surface area contributed by atoms with Gasteiger partial charge in [-0.25, -0.2) is 0 Å². The molecule has 2 aromatic rings. The lowest BCUT2D eigenvalue weighted by atomic mass is 10.0. The molecule has 2 aromatic carbocycles. The van der Waals surface area contributed by atoms with Crippen LogP contribution in [0.2, 0.25) is 0 Å². The number of aryl methyl sites for hydroxylation is 3. The zero-order valence-electron chi connectivity index (χ0n) is 14.6.